The van der Waals surface area contributed by atoms with Gasteiger partial charge in [0.2, 0.25) is 0 Å². The molecule has 4 aromatic rings. The number of rotatable bonds is 6. The van der Waals surface area contributed by atoms with Gasteiger partial charge in [-0.2, -0.15) is 0 Å². The maximum atomic E-state index is 5.95. The van der Waals surface area contributed by atoms with Crippen LogP contribution in [0, 0.1) is 0 Å². The molecule has 2 aromatic carbocycles. The lowest BCUT2D eigenvalue weighted by molar-refractivity contribution is 0.0991. The zero-order valence-electron chi connectivity index (χ0n) is 14.7. The lowest BCUT2D eigenvalue weighted by atomic mass is 10.1. The predicted octanol–water partition coefficient (Wildman–Crippen LogP) is 4.76. The highest BCUT2D eigenvalue weighted by Gasteiger charge is 2.17. The van der Waals surface area contributed by atoms with E-state index in [1.807, 2.05) is 24.3 Å². The number of fused-ring (bicyclic) bond motifs is 1. The van der Waals surface area contributed by atoms with Crippen molar-refractivity contribution in [2.45, 2.75) is 26.2 Å². The molecule has 1 atom stereocenters. The molecule has 0 fully saturated rings. The van der Waals surface area contributed by atoms with E-state index in [2.05, 4.69) is 58.9 Å². The Balaban J connectivity index is 1.63. The lowest BCUT2D eigenvalue weighted by Crippen LogP contribution is -2.12. The van der Waals surface area contributed by atoms with Crippen LogP contribution in [0.25, 0.3) is 11.0 Å². The lowest BCUT2D eigenvalue weighted by Gasteiger charge is -2.18. The van der Waals surface area contributed by atoms with Crippen LogP contribution in [0.4, 0.5) is 0 Å². The monoisotopic (exact) mass is 343 g/mol. The number of nitrogens with zero attached hydrogens (tertiary/aromatic N) is 3. The molecule has 0 unspecified atom stereocenters. The van der Waals surface area contributed by atoms with Gasteiger partial charge >= 0.3 is 0 Å². The van der Waals surface area contributed by atoms with Crippen LogP contribution in [-0.4, -0.2) is 14.5 Å². The highest BCUT2D eigenvalue weighted by molar-refractivity contribution is 5.76. The second-order valence-electron chi connectivity index (χ2n) is 6.32. The second kappa shape index (κ2) is 7.50. The Labute approximate surface area is 153 Å². The largest absolute Gasteiger partial charge is 0.369 e. The summed E-state index contributed by atoms with van der Waals surface area (Å²) in [4.78, 5) is 8.86. The number of hydrogen-bond donors (Lipinski definition) is 0. The number of ether oxygens (including phenoxy) is 1. The fourth-order valence-electron chi connectivity index (χ4n) is 3.25. The van der Waals surface area contributed by atoms with Gasteiger partial charge in [-0.3, -0.25) is 4.98 Å². The summed E-state index contributed by atoms with van der Waals surface area (Å²) in [5.74, 6) is 0.941. The van der Waals surface area contributed by atoms with Crippen molar-refractivity contribution < 1.29 is 4.74 Å². The molecule has 0 N–H and O–H groups in total. The Morgan fingerprint density at radius 2 is 1.62 bits per heavy atom. The molecular weight excluding hydrogens is 322 g/mol. The molecule has 0 bridgehead atoms. The maximum absolute atomic E-state index is 5.95. The number of benzene rings is 2. The van der Waals surface area contributed by atoms with Crippen LogP contribution in [0.15, 0.2) is 79.1 Å². The number of aromatic nitrogens is 3. The van der Waals surface area contributed by atoms with Gasteiger partial charge in [-0.05, 0) is 42.3 Å². The Bertz CT molecular complexity index is 980. The summed E-state index contributed by atoms with van der Waals surface area (Å²) in [5.41, 5.74) is 4.49. The van der Waals surface area contributed by atoms with Gasteiger partial charge in [-0.1, -0.05) is 42.5 Å². The van der Waals surface area contributed by atoms with Crippen LogP contribution in [0.2, 0.25) is 0 Å². The van der Waals surface area contributed by atoms with Crippen molar-refractivity contribution in [3.05, 3.63) is 96.1 Å². The summed E-state index contributed by atoms with van der Waals surface area (Å²) in [5, 5.41) is 0. The first-order valence-corrected chi connectivity index (χ1v) is 8.80. The summed E-state index contributed by atoms with van der Waals surface area (Å²) in [6, 6.07) is 22.9. The van der Waals surface area contributed by atoms with Crippen LogP contribution >= 0.6 is 0 Å². The van der Waals surface area contributed by atoms with Crippen molar-refractivity contribution in [3.8, 4) is 0 Å². The molecule has 4 rings (SSSR count). The zero-order chi connectivity index (χ0) is 17.8. The molecule has 2 heterocycles. The minimum Gasteiger partial charge on any atom is -0.369 e. The number of para-hydroxylation sites is 2. The molecule has 0 spiro atoms. The molecule has 0 aliphatic rings. The highest BCUT2D eigenvalue weighted by atomic mass is 16.5. The summed E-state index contributed by atoms with van der Waals surface area (Å²) in [6.45, 7) is 3.22. The van der Waals surface area contributed by atoms with E-state index in [4.69, 9.17) is 9.72 Å². The van der Waals surface area contributed by atoms with E-state index in [1.54, 1.807) is 12.4 Å². The van der Waals surface area contributed by atoms with E-state index in [1.165, 1.54) is 5.56 Å². The molecule has 4 heteroatoms. The van der Waals surface area contributed by atoms with Crippen LogP contribution < -0.4 is 0 Å². The van der Waals surface area contributed by atoms with Crippen LogP contribution in [0.1, 0.15) is 29.9 Å². The Kier molecular flexibility index (Phi) is 4.75. The molecule has 0 radical (unpaired) electrons. The molecule has 0 aliphatic carbocycles. The van der Waals surface area contributed by atoms with Gasteiger partial charge < -0.3 is 9.30 Å². The van der Waals surface area contributed by atoms with Gasteiger partial charge in [-0.25, -0.2) is 4.98 Å². The Hall–Kier alpha value is -2.98. The average Bonchev–Trinajstić information content (AvgIpc) is 3.07. The van der Waals surface area contributed by atoms with E-state index in [9.17, 15) is 0 Å². The molecule has 26 heavy (non-hydrogen) atoms. The molecule has 0 aliphatic heterocycles. The fourth-order valence-corrected chi connectivity index (χ4v) is 3.25. The van der Waals surface area contributed by atoms with Crippen molar-refractivity contribution in [2.75, 3.05) is 0 Å². The molecule has 0 saturated heterocycles. The van der Waals surface area contributed by atoms with Gasteiger partial charge in [0.25, 0.3) is 0 Å². The second-order valence-corrected chi connectivity index (χ2v) is 6.32. The first-order chi connectivity index (χ1) is 12.8. The molecule has 4 nitrogen and oxygen atoms in total. The number of hydrogen-bond acceptors (Lipinski definition) is 3. The van der Waals surface area contributed by atoms with E-state index in [0.29, 0.717) is 13.2 Å². The van der Waals surface area contributed by atoms with Gasteiger partial charge in [-0.15, -0.1) is 0 Å². The van der Waals surface area contributed by atoms with E-state index in [-0.39, 0.29) is 6.04 Å². The van der Waals surface area contributed by atoms with Crippen molar-refractivity contribution in [1.82, 2.24) is 14.5 Å². The first kappa shape index (κ1) is 16.5. The average molecular weight is 343 g/mol. The first-order valence-electron chi connectivity index (χ1n) is 8.80. The minimum absolute atomic E-state index is 0.183. The van der Waals surface area contributed by atoms with Crippen molar-refractivity contribution in [1.29, 1.82) is 0 Å². The standard InChI is InChI=1S/C22H21N3O/c1-17(19-7-3-2-4-8-19)25-21-10-6-5-9-20(21)24-22(25)16-26-15-18-11-13-23-14-12-18/h2-14,17H,15-16H2,1H3/t17-/m1/s1. The smallest absolute Gasteiger partial charge is 0.136 e. The predicted molar refractivity (Wildman–Crippen MR) is 103 cm³/mol. The molecule has 130 valence electrons. The van der Waals surface area contributed by atoms with Gasteiger partial charge in [0, 0.05) is 12.4 Å². The molecule has 2 aromatic heterocycles. The zero-order valence-corrected chi connectivity index (χ0v) is 14.7. The third-order valence-electron chi connectivity index (χ3n) is 4.59. The van der Waals surface area contributed by atoms with E-state index >= 15 is 0 Å². The molecule has 0 saturated carbocycles. The van der Waals surface area contributed by atoms with Crippen molar-refractivity contribution in [2.24, 2.45) is 0 Å². The summed E-state index contributed by atoms with van der Waals surface area (Å²) in [7, 11) is 0. The van der Waals surface area contributed by atoms with Gasteiger partial charge in [0.1, 0.15) is 12.4 Å². The minimum atomic E-state index is 0.183. The van der Waals surface area contributed by atoms with Gasteiger partial charge in [0.15, 0.2) is 0 Å². The van der Waals surface area contributed by atoms with Crippen LogP contribution in [-0.2, 0) is 18.0 Å². The third kappa shape index (κ3) is 3.37. The summed E-state index contributed by atoms with van der Waals surface area (Å²) in [6.07, 6.45) is 3.57. The van der Waals surface area contributed by atoms with Crippen LogP contribution in [0.3, 0.4) is 0 Å². The Morgan fingerprint density at radius 3 is 2.42 bits per heavy atom. The van der Waals surface area contributed by atoms with Crippen molar-refractivity contribution >= 4 is 11.0 Å². The van der Waals surface area contributed by atoms with E-state index in [0.717, 1.165) is 22.4 Å². The van der Waals surface area contributed by atoms with Crippen LogP contribution in [0.5, 0.6) is 0 Å². The molecule has 0 amide bonds. The summed E-state index contributed by atoms with van der Waals surface area (Å²) < 4.78 is 8.23. The SMILES string of the molecule is C[C@H](c1ccccc1)n1c(COCc2ccncc2)nc2ccccc21. The maximum Gasteiger partial charge on any atom is 0.136 e. The Morgan fingerprint density at radius 1 is 0.885 bits per heavy atom. The normalized spacial score (nSPS) is 12.3. The summed E-state index contributed by atoms with van der Waals surface area (Å²) >= 11 is 0. The fraction of sp³-hybridized carbons (Fsp3) is 0.182. The number of imidazole rings is 1. The van der Waals surface area contributed by atoms with Crippen molar-refractivity contribution in [3.63, 3.8) is 0 Å². The highest BCUT2D eigenvalue weighted by Crippen LogP contribution is 2.26. The van der Waals surface area contributed by atoms with Gasteiger partial charge in [0.05, 0.1) is 23.7 Å². The topological polar surface area (TPSA) is 39.9 Å². The van der Waals surface area contributed by atoms with E-state index < -0.39 is 0 Å². The quantitative estimate of drug-likeness (QED) is 0.507. The third-order valence-corrected chi connectivity index (χ3v) is 4.59. The number of pyridine rings is 1. The molecular formula is C22H21N3O.